The zero-order chi connectivity index (χ0) is 15.1. The fourth-order valence-electron chi connectivity index (χ4n) is 1.90. The summed E-state index contributed by atoms with van der Waals surface area (Å²) < 4.78 is 5.43. The minimum Gasteiger partial charge on any atom is -0.377 e. The number of amides is 1. The Labute approximate surface area is 129 Å². The lowest BCUT2D eigenvalue weighted by Crippen LogP contribution is -2.24. The molecule has 0 saturated carbocycles. The van der Waals surface area contributed by atoms with Crippen LogP contribution < -0.4 is 5.32 Å². The number of rotatable bonds is 6. The number of nitrogens with one attached hydrogen (secondary N) is 1. The van der Waals surface area contributed by atoms with Crippen LogP contribution in [0, 0.1) is 0 Å². The van der Waals surface area contributed by atoms with E-state index in [0.717, 1.165) is 11.1 Å². The molecule has 21 heavy (non-hydrogen) atoms. The average Bonchev–Trinajstić information content (AvgIpc) is 2.52. The van der Waals surface area contributed by atoms with Gasteiger partial charge in [-0.15, -0.1) is 0 Å². The molecule has 1 amide bonds. The van der Waals surface area contributed by atoms with Crippen molar-refractivity contribution in [2.75, 3.05) is 6.61 Å². The molecule has 1 aromatic heterocycles. The van der Waals surface area contributed by atoms with Crippen LogP contribution in [0.2, 0.25) is 5.02 Å². The number of hydrogen-bond donors (Lipinski definition) is 1. The SMILES string of the molecule is CCOCc1ccccc1CNC(=O)c1cnccc1Cl. The molecule has 2 rings (SSSR count). The molecule has 1 heterocycles. The molecule has 0 spiro atoms. The Morgan fingerprint density at radius 3 is 2.76 bits per heavy atom. The predicted octanol–water partition coefficient (Wildman–Crippen LogP) is 3.20. The first kappa shape index (κ1) is 15.5. The Morgan fingerprint density at radius 1 is 1.29 bits per heavy atom. The van der Waals surface area contributed by atoms with Crippen molar-refractivity contribution in [3.8, 4) is 0 Å². The van der Waals surface area contributed by atoms with Crippen molar-refractivity contribution in [2.24, 2.45) is 0 Å². The summed E-state index contributed by atoms with van der Waals surface area (Å²) in [4.78, 5) is 16.0. The first-order valence-electron chi connectivity index (χ1n) is 6.74. The highest BCUT2D eigenvalue weighted by Crippen LogP contribution is 2.14. The first-order valence-corrected chi connectivity index (χ1v) is 7.12. The number of hydrogen-bond acceptors (Lipinski definition) is 3. The normalized spacial score (nSPS) is 10.4. The van der Waals surface area contributed by atoms with Crippen LogP contribution in [0.5, 0.6) is 0 Å². The molecule has 0 unspecified atom stereocenters. The van der Waals surface area contributed by atoms with Crippen molar-refractivity contribution in [2.45, 2.75) is 20.1 Å². The summed E-state index contributed by atoms with van der Waals surface area (Å²) in [5, 5.41) is 3.25. The fraction of sp³-hybridized carbons (Fsp3) is 0.250. The number of benzene rings is 1. The molecule has 0 aliphatic rings. The number of nitrogens with zero attached hydrogens (tertiary/aromatic N) is 1. The number of aromatic nitrogens is 1. The second-order valence-electron chi connectivity index (χ2n) is 4.44. The van der Waals surface area contributed by atoms with Crippen LogP contribution >= 0.6 is 11.6 Å². The van der Waals surface area contributed by atoms with Crippen LogP contribution in [-0.4, -0.2) is 17.5 Å². The highest BCUT2D eigenvalue weighted by Gasteiger charge is 2.10. The van der Waals surface area contributed by atoms with Gasteiger partial charge in [-0.25, -0.2) is 0 Å². The summed E-state index contributed by atoms with van der Waals surface area (Å²) in [5.41, 5.74) is 2.47. The number of ether oxygens (including phenoxy) is 1. The molecule has 110 valence electrons. The standard InChI is InChI=1S/C16H17ClN2O2/c1-2-21-11-13-6-4-3-5-12(13)9-19-16(20)14-10-18-8-7-15(14)17/h3-8,10H,2,9,11H2,1H3,(H,19,20). The van der Waals surface area contributed by atoms with E-state index in [1.807, 2.05) is 31.2 Å². The van der Waals surface area contributed by atoms with Gasteiger partial charge in [0.2, 0.25) is 0 Å². The monoisotopic (exact) mass is 304 g/mol. The Morgan fingerprint density at radius 2 is 2.05 bits per heavy atom. The third-order valence-corrected chi connectivity index (χ3v) is 3.36. The van der Waals surface area contributed by atoms with E-state index in [-0.39, 0.29) is 5.91 Å². The van der Waals surface area contributed by atoms with Gasteiger partial charge < -0.3 is 10.1 Å². The fourth-order valence-corrected chi connectivity index (χ4v) is 2.09. The minimum absolute atomic E-state index is 0.237. The maximum Gasteiger partial charge on any atom is 0.254 e. The van der Waals surface area contributed by atoms with Gasteiger partial charge >= 0.3 is 0 Å². The third kappa shape index (κ3) is 4.28. The Hall–Kier alpha value is -1.91. The molecule has 0 radical (unpaired) electrons. The van der Waals surface area contributed by atoms with E-state index in [1.165, 1.54) is 6.20 Å². The highest BCUT2D eigenvalue weighted by molar-refractivity contribution is 6.33. The van der Waals surface area contributed by atoms with Crippen molar-refractivity contribution < 1.29 is 9.53 Å². The molecule has 0 fully saturated rings. The van der Waals surface area contributed by atoms with E-state index in [2.05, 4.69) is 10.3 Å². The molecule has 0 aliphatic carbocycles. The number of halogens is 1. The van der Waals surface area contributed by atoms with Crippen molar-refractivity contribution in [1.29, 1.82) is 0 Å². The zero-order valence-electron chi connectivity index (χ0n) is 11.8. The topological polar surface area (TPSA) is 51.2 Å². The summed E-state index contributed by atoms with van der Waals surface area (Å²) in [6.07, 6.45) is 3.01. The smallest absolute Gasteiger partial charge is 0.254 e. The van der Waals surface area contributed by atoms with Gasteiger partial charge in [-0.1, -0.05) is 35.9 Å². The summed E-state index contributed by atoms with van der Waals surface area (Å²) in [7, 11) is 0. The molecule has 1 N–H and O–H groups in total. The van der Waals surface area contributed by atoms with Gasteiger partial charge in [-0.3, -0.25) is 9.78 Å². The minimum atomic E-state index is -0.237. The van der Waals surface area contributed by atoms with Gasteiger partial charge in [0.05, 0.1) is 17.2 Å². The lowest BCUT2D eigenvalue weighted by atomic mass is 10.1. The molecule has 5 heteroatoms. The van der Waals surface area contributed by atoms with Gasteiger partial charge in [0, 0.05) is 25.5 Å². The molecular formula is C16H17ClN2O2. The molecule has 0 saturated heterocycles. The lowest BCUT2D eigenvalue weighted by Gasteiger charge is -2.11. The third-order valence-electron chi connectivity index (χ3n) is 3.03. The summed E-state index contributed by atoms with van der Waals surface area (Å²) in [6.45, 7) is 3.57. The van der Waals surface area contributed by atoms with Gasteiger partial charge in [0.25, 0.3) is 5.91 Å². The second-order valence-corrected chi connectivity index (χ2v) is 4.85. The average molecular weight is 305 g/mol. The van der Waals surface area contributed by atoms with E-state index in [4.69, 9.17) is 16.3 Å². The number of carbonyl (C=O) groups excluding carboxylic acids is 1. The molecule has 0 atom stereocenters. The summed E-state index contributed by atoms with van der Waals surface area (Å²) >= 11 is 5.98. The number of pyridine rings is 1. The van der Waals surface area contributed by atoms with Crippen molar-refractivity contribution >= 4 is 17.5 Å². The molecule has 0 aliphatic heterocycles. The van der Waals surface area contributed by atoms with E-state index in [1.54, 1.807) is 12.3 Å². The van der Waals surface area contributed by atoms with Crippen molar-refractivity contribution in [3.05, 3.63) is 64.4 Å². The summed E-state index contributed by atoms with van der Waals surface area (Å²) in [6, 6.07) is 9.46. The Bertz CT molecular complexity index is 617. The second kappa shape index (κ2) is 7.76. The van der Waals surface area contributed by atoms with Gasteiger partial charge in [-0.2, -0.15) is 0 Å². The van der Waals surface area contributed by atoms with Crippen LogP contribution in [0.15, 0.2) is 42.7 Å². The van der Waals surface area contributed by atoms with Crippen LogP contribution in [0.3, 0.4) is 0 Å². The lowest BCUT2D eigenvalue weighted by molar-refractivity contribution is 0.0949. The van der Waals surface area contributed by atoms with Crippen LogP contribution in [0.25, 0.3) is 0 Å². The molecule has 4 nitrogen and oxygen atoms in total. The van der Waals surface area contributed by atoms with Crippen LogP contribution in [0.1, 0.15) is 28.4 Å². The highest BCUT2D eigenvalue weighted by atomic mass is 35.5. The van der Waals surface area contributed by atoms with E-state index >= 15 is 0 Å². The van der Waals surface area contributed by atoms with Gasteiger partial charge in [0.1, 0.15) is 0 Å². The molecule has 0 bridgehead atoms. The predicted molar refractivity (Wildman–Crippen MR) is 82.2 cm³/mol. The Kier molecular flexibility index (Phi) is 5.72. The van der Waals surface area contributed by atoms with Crippen LogP contribution in [-0.2, 0) is 17.9 Å². The quantitative estimate of drug-likeness (QED) is 0.891. The Balaban J connectivity index is 2.03. The maximum atomic E-state index is 12.1. The molecular weight excluding hydrogens is 288 g/mol. The molecule has 1 aromatic carbocycles. The first-order chi connectivity index (χ1) is 10.2. The zero-order valence-corrected chi connectivity index (χ0v) is 12.6. The maximum absolute atomic E-state index is 12.1. The van der Waals surface area contributed by atoms with Crippen molar-refractivity contribution in [3.63, 3.8) is 0 Å². The van der Waals surface area contributed by atoms with Gasteiger partial charge in [0.15, 0.2) is 0 Å². The van der Waals surface area contributed by atoms with Crippen molar-refractivity contribution in [1.82, 2.24) is 10.3 Å². The largest absolute Gasteiger partial charge is 0.377 e. The van der Waals surface area contributed by atoms with E-state index in [9.17, 15) is 4.79 Å². The van der Waals surface area contributed by atoms with Gasteiger partial charge in [-0.05, 0) is 24.1 Å². The van der Waals surface area contributed by atoms with E-state index < -0.39 is 0 Å². The summed E-state index contributed by atoms with van der Waals surface area (Å²) in [5.74, 6) is -0.237. The van der Waals surface area contributed by atoms with E-state index in [0.29, 0.717) is 30.3 Å². The molecule has 2 aromatic rings. The van der Waals surface area contributed by atoms with Crippen LogP contribution in [0.4, 0.5) is 0 Å². The number of carbonyl (C=O) groups is 1.